The van der Waals surface area contributed by atoms with Crippen LogP contribution in [-0.4, -0.2) is 19.2 Å². The van der Waals surface area contributed by atoms with Crippen molar-refractivity contribution >= 4 is 39.2 Å². The summed E-state index contributed by atoms with van der Waals surface area (Å²) in [5.74, 6) is 0.809. The number of rotatable bonds is 6. The molecule has 0 saturated carbocycles. The lowest BCUT2D eigenvalue weighted by atomic mass is 10.00. The zero-order chi connectivity index (χ0) is 21.2. The van der Waals surface area contributed by atoms with Crippen LogP contribution in [0.15, 0.2) is 71.7 Å². The number of amides is 1. The van der Waals surface area contributed by atoms with Crippen LogP contribution in [0.5, 0.6) is 5.75 Å². The normalized spacial score (nSPS) is 12.2. The second kappa shape index (κ2) is 8.36. The van der Waals surface area contributed by atoms with E-state index in [2.05, 4.69) is 46.7 Å². The molecule has 5 heteroatoms. The highest BCUT2D eigenvalue weighted by molar-refractivity contribution is 7.22. The highest BCUT2D eigenvalue weighted by atomic mass is 32.1. The predicted octanol–water partition coefficient (Wildman–Crippen LogP) is 6.08. The maximum absolute atomic E-state index is 12.7. The maximum Gasteiger partial charge on any atom is 0.224 e. The van der Waals surface area contributed by atoms with Gasteiger partial charge in [-0.3, -0.25) is 9.79 Å². The number of ether oxygens (including phenoxy) is 1. The van der Waals surface area contributed by atoms with Gasteiger partial charge in [0, 0.05) is 33.5 Å². The van der Waals surface area contributed by atoms with Crippen molar-refractivity contribution in [3.63, 3.8) is 0 Å². The predicted molar refractivity (Wildman–Crippen MR) is 129 cm³/mol. The van der Waals surface area contributed by atoms with E-state index in [1.165, 1.54) is 20.5 Å². The van der Waals surface area contributed by atoms with Crippen molar-refractivity contribution in [3.05, 3.63) is 83.4 Å². The molecule has 0 spiro atoms. The van der Waals surface area contributed by atoms with Gasteiger partial charge in [0.25, 0.3) is 0 Å². The van der Waals surface area contributed by atoms with E-state index in [0.29, 0.717) is 19.4 Å². The number of nitrogens with zero attached hydrogens (tertiary/aromatic N) is 1. The fraction of sp³-hybridized carbons (Fsp3) is 0.154. The maximum atomic E-state index is 12.7. The summed E-state index contributed by atoms with van der Waals surface area (Å²) in [5, 5.41) is 4.33. The number of hydrogen-bond donors (Lipinski definition) is 1. The molecule has 4 nitrogen and oxygen atoms in total. The summed E-state index contributed by atoms with van der Waals surface area (Å²) in [6, 6.07) is 22.6. The number of benzene rings is 3. The van der Waals surface area contributed by atoms with Crippen molar-refractivity contribution in [2.24, 2.45) is 4.99 Å². The smallest absolute Gasteiger partial charge is 0.224 e. The number of aryl methyl sites for hydroxylation is 1. The van der Waals surface area contributed by atoms with Gasteiger partial charge in [-0.25, -0.2) is 0 Å². The van der Waals surface area contributed by atoms with Gasteiger partial charge in [0.2, 0.25) is 5.91 Å². The van der Waals surface area contributed by atoms with E-state index in [0.717, 1.165) is 28.1 Å². The third kappa shape index (κ3) is 4.09. The Bertz CT molecular complexity index is 1270. The first-order chi connectivity index (χ1) is 15.2. The van der Waals surface area contributed by atoms with E-state index in [4.69, 9.17) is 4.74 Å². The van der Waals surface area contributed by atoms with E-state index >= 15 is 0 Å². The highest BCUT2D eigenvalue weighted by Crippen LogP contribution is 2.39. The zero-order valence-electron chi connectivity index (χ0n) is 17.2. The van der Waals surface area contributed by atoms with E-state index < -0.39 is 0 Å². The fourth-order valence-corrected chi connectivity index (χ4v) is 5.04. The number of aliphatic imine (C=N–C) groups is 1. The van der Waals surface area contributed by atoms with Gasteiger partial charge < -0.3 is 10.1 Å². The largest absolute Gasteiger partial charge is 0.497 e. The molecule has 5 rings (SSSR count). The summed E-state index contributed by atoms with van der Waals surface area (Å²) in [5.41, 5.74) is 5.36. The van der Waals surface area contributed by atoms with Crippen LogP contribution in [0.4, 0.5) is 5.69 Å². The molecule has 2 heterocycles. The molecule has 1 aliphatic heterocycles. The Hall–Kier alpha value is -3.44. The van der Waals surface area contributed by atoms with Crippen molar-refractivity contribution in [2.75, 3.05) is 12.4 Å². The number of fused-ring (bicyclic) bond motifs is 2. The second-order valence-corrected chi connectivity index (χ2v) is 8.69. The lowest BCUT2D eigenvalue weighted by Crippen LogP contribution is -2.13. The van der Waals surface area contributed by atoms with Crippen molar-refractivity contribution in [1.29, 1.82) is 0 Å². The van der Waals surface area contributed by atoms with Crippen molar-refractivity contribution in [2.45, 2.75) is 19.4 Å². The number of carbonyl (C=O) groups is 1. The van der Waals surface area contributed by atoms with Crippen LogP contribution < -0.4 is 10.1 Å². The molecule has 0 atom stereocenters. The summed E-state index contributed by atoms with van der Waals surface area (Å²) in [7, 11) is 1.65. The standard InChI is InChI=1S/C26H22N2O2S/c1-30-21-7-4-5-17(11-21)9-10-26(29)28-20-12-19-15-27-16-23(19)22(14-20)25-13-18-6-2-3-8-24(18)31-25/h2-8,11-15H,9-10,16H2,1H3,(H,28,29). The molecule has 0 bridgehead atoms. The molecule has 0 saturated heterocycles. The lowest BCUT2D eigenvalue weighted by molar-refractivity contribution is -0.116. The molecule has 1 aromatic heterocycles. The average molecular weight is 427 g/mol. The van der Waals surface area contributed by atoms with Crippen LogP contribution in [-0.2, 0) is 17.8 Å². The summed E-state index contributed by atoms with van der Waals surface area (Å²) in [6.45, 7) is 0.684. The Morgan fingerprint density at radius 3 is 2.87 bits per heavy atom. The van der Waals surface area contributed by atoms with Crippen molar-refractivity contribution in [1.82, 2.24) is 0 Å². The summed E-state index contributed by atoms with van der Waals surface area (Å²) in [4.78, 5) is 18.3. The van der Waals surface area contributed by atoms with Gasteiger partial charge >= 0.3 is 0 Å². The topological polar surface area (TPSA) is 50.7 Å². The first-order valence-electron chi connectivity index (χ1n) is 10.3. The third-order valence-corrected chi connectivity index (χ3v) is 6.66. The molecule has 0 aliphatic carbocycles. The molecule has 0 fully saturated rings. The van der Waals surface area contributed by atoms with Crippen LogP contribution in [0.1, 0.15) is 23.1 Å². The number of nitrogens with one attached hydrogen (secondary N) is 1. The van der Waals surface area contributed by atoms with Crippen LogP contribution in [0, 0.1) is 0 Å². The van der Waals surface area contributed by atoms with E-state index in [-0.39, 0.29) is 5.91 Å². The summed E-state index contributed by atoms with van der Waals surface area (Å²) in [6.07, 6.45) is 2.98. The number of thiophene rings is 1. The fourth-order valence-electron chi connectivity index (χ4n) is 3.94. The van der Waals surface area contributed by atoms with Crippen LogP contribution in [0.2, 0.25) is 0 Å². The Kier molecular flexibility index (Phi) is 5.26. The molecule has 31 heavy (non-hydrogen) atoms. The third-order valence-electron chi connectivity index (χ3n) is 5.51. The first-order valence-corrected chi connectivity index (χ1v) is 11.1. The monoisotopic (exact) mass is 426 g/mol. The van der Waals surface area contributed by atoms with Crippen LogP contribution in [0.3, 0.4) is 0 Å². The highest BCUT2D eigenvalue weighted by Gasteiger charge is 2.17. The SMILES string of the molecule is COc1cccc(CCC(=O)Nc2cc3c(c(-c4cc5ccccc5s4)c2)CN=C3)c1. The minimum absolute atomic E-state index is 0.00000341. The summed E-state index contributed by atoms with van der Waals surface area (Å²) >= 11 is 1.77. The number of carbonyl (C=O) groups excluding carboxylic acids is 1. The molecule has 1 aliphatic rings. The van der Waals surface area contributed by atoms with E-state index in [1.807, 2.05) is 36.5 Å². The zero-order valence-corrected chi connectivity index (χ0v) is 18.0. The van der Waals surface area contributed by atoms with Crippen LogP contribution in [0.25, 0.3) is 20.5 Å². The second-order valence-electron chi connectivity index (χ2n) is 7.61. The molecule has 3 aromatic carbocycles. The summed E-state index contributed by atoms with van der Waals surface area (Å²) < 4.78 is 6.53. The Morgan fingerprint density at radius 2 is 2.00 bits per heavy atom. The molecule has 0 unspecified atom stereocenters. The van der Waals surface area contributed by atoms with E-state index in [9.17, 15) is 4.79 Å². The molecule has 1 N–H and O–H groups in total. The van der Waals surface area contributed by atoms with Crippen molar-refractivity contribution < 1.29 is 9.53 Å². The Labute approximate surface area is 185 Å². The molecular weight excluding hydrogens is 404 g/mol. The van der Waals surface area contributed by atoms with Gasteiger partial charge in [-0.1, -0.05) is 30.3 Å². The van der Waals surface area contributed by atoms with Gasteiger partial charge in [0.05, 0.1) is 13.7 Å². The van der Waals surface area contributed by atoms with Crippen molar-refractivity contribution in [3.8, 4) is 16.2 Å². The first kappa shape index (κ1) is 19.5. The average Bonchev–Trinajstić information content (AvgIpc) is 3.44. The van der Waals surface area contributed by atoms with E-state index in [1.54, 1.807) is 18.4 Å². The number of methoxy groups -OCH3 is 1. The van der Waals surface area contributed by atoms with Gasteiger partial charge in [-0.2, -0.15) is 0 Å². The Morgan fingerprint density at radius 1 is 1.10 bits per heavy atom. The minimum Gasteiger partial charge on any atom is -0.497 e. The Balaban J connectivity index is 1.37. The molecule has 4 aromatic rings. The van der Waals surface area contributed by atoms with Gasteiger partial charge in [-0.05, 0) is 64.9 Å². The minimum atomic E-state index is -0.00000341. The molecule has 154 valence electrons. The van der Waals surface area contributed by atoms with Gasteiger partial charge in [-0.15, -0.1) is 11.3 Å². The lowest BCUT2D eigenvalue weighted by Gasteiger charge is -2.12. The number of anilines is 1. The van der Waals surface area contributed by atoms with Gasteiger partial charge in [0.1, 0.15) is 5.75 Å². The quantitative estimate of drug-likeness (QED) is 0.406. The number of hydrogen-bond acceptors (Lipinski definition) is 4. The van der Waals surface area contributed by atoms with Crippen LogP contribution >= 0.6 is 11.3 Å². The molecule has 0 radical (unpaired) electrons. The molecular formula is C26H22N2O2S. The van der Waals surface area contributed by atoms with Gasteiger partial charge in [0.15, 0.2) is 0 Å². The molecule has 1 amide bonds.